The van der Waals surface area contributed by atoms with E-state index in [4.69, 9.17) is 0 Å². The molecule has 0 amide bonds. The van der Waals surface area contributed by atoms with Gasteiger partial charge in [0.15, 0.2) is 0 Å². The van der Waals surface area contributed by atoms with Crippen molar-refractivity contribution in [2.45, 2.75) is 6.55 Å². The number of rotatable bonds is 1. The van der Waals surface area contributed by atoms with Crippen LogP contribution in [0, 0.1) is 0 Å². The van der Waals surface area contributed by atoms with Gasteiger partial charge in [0.2, 0.25) is 0 Å². The predicted molar refractivity (Wildman–Crippen MR) is 117 cm³/mol. The van der Waals surface area contributed by atoms with Crippen LogP contribution in [0.3, 0.4) is 0 Å². The molecule has 0 aliphatic carbocycles. The quantitative estimate of drug-likeness (QED) is 0.191. The summed E-state index contributed by atoms with van der Waals surface area (Å²) in [5.41, 5.74) is 0. The first-order valence-corrected chi connectivity index (χ1v) is 10.3. The molecule has 2 radical (unpaired) electrons. The minimum absolute atomic E-state index is 0. The Morgan fingerprint density at radius 2 is 0.966 bits per heavy atom. The van der Waals surface area contributed by atoms with Crippen molar-refractivity contribution in [3.05, 3.63) is 115 Å². The van der Waals surface area contributed by atoms with Crippen molar-refractivity contribution in [3.63, 3.8) is 0 Å². The average Bonchev–Trinajstić information content (AvgIpc) is 3.38. The van der Waals surface area contributed by atoms with Gasteiger partial charge in [0.25, 0.3) is 0 Å². The van der Waals surface area contributed by atoms with Crippen LogP contribution in [0.1, 0.15) is 0 Å². The van der Waals surface area contributed by atoms with Gasteiger partial charge in [-0.15, -0.1) is 59.3 Å². The van der Waals surface area contributed by atoms with Crippen LogP contribution in [0.4, 0.5) is 0 Å². The molecular formula is C25H22Cl2HfSi. The molecule has 0 saturated carbocycles. The molecule has 0 aliphatic heterocycles. The molecule has 29 heavy (non-hydrogen) atoms. The third-order valence-corrected chi connectivity index (χ3v) is 5.07. The average molecular weight is 600 g/mol. The number of halogens is 2. The maximum atomic E-state index is 2.19. The van der Waals surface area contributed by atoms with Gasteiger partial charge >= 0.3 is 25.8 Å². The minimum Gasteiger partial charge on any atom is -1.00 e. The first-order valence-electron chi connectivity index (χ1n) is 8.80. The van der Waals surface area contributed by atoms with Crippen molar-refractivity contribution >= 4 is 36.3 Å². The molecule has 5 aromatic carbocycles. The van der Waals surface area contributed by atoms with Gasteiger partial charge in [0, 0.05) is 0 Å². The summed E-state index contributed by atoms with van der Waals surface area (Å²) in [5, 5.41) is 6.76. The van der Waals surface area contributed by atoms with Crippen LogP contribution in [0.2, 0.25) is 6.55 Å². The van der Waals surface area contributed by atoms with Crippen molar-refractivity contribution in [2.24, 2.45) is 0 Å². The standard InChI is InChI=1S/2C9H7.C7H8Si.2ClH.Hf/c2*1-2-5-9-7-3-6-8(9)4-1;1-8-7-5-3-2-4-6-7;;;/h2*1-7H;2-6H,1H3;2*1H;/q2*-1;;;;+4/p-2. The monoisotopic (exact) mass is 600 g/mol. The van der Waals surface area contributed by atoms with Crippen molar-refractivity contribution in [1.29, 1.82) is 0 Å². The third-order valence-electron chi connectivity index (χ3n) is 4.16. The van der Waals surface area contributed by atoms with Crippen molar-refractivity contribution in [2.75, 3.05) is 0 Å². The molecule has 0 bridgehead atoms. The smallest absolute Gasteiger partial charge is 1.00 e. The maximum Gasteiger partial charge on any atom is 4.00 e. The largest absolute Gasteiger partial charge is 4.00 e. The fourth-order valence-corrected chi connectivity index (χ4v) is 3.27. The van der Waals surface area contributed by atoms with Crippen molar-refractivity contribution in [1.82, 2.24) is 0 Å². The zero-order valence-electron chi connectivity index (χ0n) is 16.2. The Kier molecular flexibility index (Phi) is 14.6. The molecule has 0 unspecified atom stereocenters. The summed E-state index contributed by atoms with van der Waals surface area (Å²) in [5.74, 6) is 0. The van der Waals surface area contributed by atoms with Crippen molar-refractivity contribution in [3.8, 4) is 0 Å². The predicted octanol–water partition coefficient (Wildman–Crippen LogP) is 0.187. The van der Waals surface area contributed by atoms with Gasteiger partial charge in [-0.3, -0.25) is 0 Å². The van der Waals surface area contributed by atoms with E-state index in [1.54, 1.807) is 0 Å². The fraction of sp³-hybridized carbons (Fsp3) is 0.0400. The summed E-state index contributed by atoms with van der Waals surface area (Å²) in [4.78, 5) is 0. The van der Waals surface area contributed by atoms with Crippen LogP contribution < -0.4 is 30.0 Å². The summed E-state index contributed by atoms with van der Waals surface area (Å²) in [6.45, 7) is 2.19. The summed E-state index contributed by atoms with van der Waals surface area (Å²) < 4.78 is 0. The Hall–Kier alpha value is -1.45. The van der Waals surface area contributed by atoms with E-state index in [-0.39, 0.29) is 50.7 Å². The second-order valence-electron chi connectivity index (χ2n) is 5.93. The molecule has 5 rings (SSSR count). The molecule has 0 spiro atoms. The van der Waals surface area contributed by atoms with Gasteiger partial charge in [0.05, 0.1) is 9.52 Å². The molecule has 144 valence electrons. The number of benzene rings is 3. The molecule has 0 atom stereocenters. The van der Waals surface area contributed by atoms with Gasteiger partial charge in [0.1, 0.15) is 0 Å². The van der Waals surface area contributed by atoms with Crippen LogP contribution in [0.15, 0.2) is 115 Å². The van der Waals surface area contributed by atoms with E-state index < -0.39 is 0 Å². The van der Waals surface area contributed by atoms with Crippen LogP contribution in [0.25, 0.3) is 21.5 Å². The molecule has 4 heteroatoms. The summed E-state index contributed by atoms with van der Waals surface area (Å²) in [6, 6.07) is 39.8. The van der Waals surface area contributed by atoms with Crippen molar-refractivity contribution < 1.29 is 50.7 Å². The van der Waals surface area contributed by atoms with E-state index in [0.29, 0.717) is 0 Å². The Labute approximate surface area is 207 Å². The number of hydrogen-bond acceptors (Lipinski definition) is 0. The van der Waals surface area contributed by atoms with Gasteiger partial charge in [-0.2, -0.15) is 35.0 Å². The zero-order chi connectivity index (χ0) is 18.0. The second kappa shape index (κ2) is 15.4. The SMILES string of the molecule is C[Si]c1ccccc1.[Cl-].[Cl-].[Hf+4].c1ccc2[cH-]ccc2c1.c1ccc2[cH-]ccc2c1. The van der Waals surface area contributed by atoms with Gasteiger partial charge in [-0.25, -0.2) is 0 Å². The molecule has 0 N–H and O–H groups in total. The van der Waals surface area contributed by atoms with Crippen LogP contribution in [-0.2, 0) is 25.8 Å². The normalized spacial score (nSPS) is 8.86. The summed E-state index contributed by atoms with van der Waals surface area (Å²) in [7, 11) is 0.930. The Bertz CT molecular complexity index is 912. The zero-order valence-corrected chi connectivity index (χ0v) is 22.3. The molecule has 0 nitrogen and oxygen atoms in total. The van der Waals surface area contributed by atoms with Gasteiger partial charge in [-0.1, -0.05) is 54.2 Å². The fourth-order valence-electron chi connectivity index (χ4n) is 2.74. The molecule has 0 heterocycles. The van der Waals surface area contributed by atoms with E-state index in [2.05, 4.69) is 116 Å². The van der Waals surface area contributed by atoms with E-state index in [9.17, 15) is 0 Å². The van der Waals surface area contributed by atoms with E-state index in [0.717, 1.165) is 9.52 Å². The Balaban J connectivity index is 0.000000387. The molecular weight excluding hydrogens is 578 g/mol. The third kappa shape index (κ3) is 8.84. The Morgan fingerprint density at radius 1 is 0.552 bits per heavy atom. The van der Waals surface area contributed by atoms with E-state index >= 15 is 0 Å². The van der Waals surface area contributed by atoms with E-state index in [1.807, 2.05) is 6.07 Å². The van der Waals surface area contributed by atoms with Gasteiger partial charge < -0.3 is 24.8 Å². The molecule has 5 aromatic rings. The molecule has 0 aromatic heterocycles. The summed E-state index contributed by atoms with van der Waals surface area (Å²) >= 11 is 0. The van der Waals surface area contributed by atoms with E-state index in [1.165, 1.54) is 26.7 Å². The Morgan fingerprint density at radius 3 is 1.34 bits per heavy atom. The topological polar surface area (TPSA) is 0 Å². The van der Waals surface area contributed by atoms with Crippen LogP contribution in [0.5, 0.6) is 0 Å². The van der Waals surface area contributed by atoms with Gasteiger partial charge in [-0.05, 0) is 0 Å². The number of hydrogen-bond donors (Lipinski definition) is 0. The second-order valence-corrected chi connectivity index (χ2v) is 7.00. The minimum atomic E-state index is 0. The van der Waals surface area contributed by atoms with Crippen LogP contribution >= 0.6 is 0 Å². The molecule has 0 saturated heterocycles. The van der Waals surface area contributed by atoms with Crippen LogP contribution in [-0.4, -0.2) is 9.52 Å². The molecule has 0 fully saturated rings. The first-order chi connectivity index (χ1) is 12.9. The summed E-state index contributed by atoms with van der Waals surface area (Å²) in [6.07, 6.45) is 0. The molecule has 0 aliphatic rings. The maximum absolute atomic E-state index is 2.19. The first kappa shape index (κ1) is 27.5. The number of fused-ring (bicyclic) bond motifs is 2.